The minimum atomic E-state index is -4.20. The van der Waals surface area contributed by atoms with Crippen molar-refractivity contribution in [1.29, 1.82) is 0 Å². The van der Waals surface area contributed by atoms with Crippen molar-refractivity contribution in [3.05, 3.63) is 23.8 Å². The molecule has 0 aliphatic carbocycles. The van der Waals surface area contributed by atoms with Crippen molar-refractivity contribution >= 4 is 12.9 Å². The maximum absolute atomic E-state index is 11.0. The van der Waals surface area contributed by atoms with E-state index in [1.165, 1.54) is 12.1 Å². The quantitative estimate of drug-likeness (QED) is 0.601. The van der Waals surface area contributed by atoms with Gasteiger partial charge in [0.1, 0.15) is 5.75 Å². The van der Waals surface area contributed by atoms with Crippen LogP contribution < -0.4 is 15.8 Å². The van der Waals surface area contributed by atoms with E-state index in [0.717, 1.165) is 12.0 Å². The second-order valence-corrected chi connectivity index (χ2v) is 5.11. The van der Waals surface area contributed by atoms with Gasteiger partial charge in [-0.05, 0) is 12.1 Å². The molecular formula is C9H12NO4P. The molecule has 0 amide bonds. The minimum absolute atomic E-state index is 0.0321. The maximum atomic E-state index is 11.0. The lowest BCUT2D eigenvalue weighted by Crippen LogP contribution is -2.21. The van der Waals surface area contributed by atoms with E-state index in [9.17, 15) is 4.57 Å². The second kappa shape index (κ2) is 3.61. The summed E-state index contributed by atoms with van der Waals surface area (Å²) in [5.41, 5.74) is 6.64. The van der Waals surface area contributed by atoms with Gasteiger partial charge >= 0.3 is 7.60 Å². The summed E-state index contributed by atoms with van der Waals surface area (Å²) in [4.78, 5) is 18.0. The first kappa shape index (κ1) is 10.6. The Morgan fingerprint density at radius 3 is 2.87 bits per heavy atom. The Hall–Kier alpha value is -0.870. The average Bonchev–Trinajstić information content (AvgIpc) is 2.16. The number of hydrogen-bond acceptors (Lipinski definition) is 3. The standard InChI is InChI=1S/C9H12NO4P/c10-8-3-4-14-9-5-6(15(11,12)13)1-2-7(8)9/h1-2,5,8H,3-4,10H2,(H2,11,12,13). The normalized spacial score (nSPS) is 20.6. The van der Waals surface area contributed by atoms with Gasteiger partial charge in [0.2, 0.25) is 0 Å². The molecule has 5 nitrogen and oxygen atoms in total. The van der Waals surface area contributed by atoms with Crippen LogP contribution in [0.5, 0.6) is 5.75 Å². The molecular weight excluding hydrogens is 217 g/mol. The average molecular weight is 229 g/mol. The van der Waals surface area contributed by atoms with Crippen LogP contribution in [0.2, 0.25) is 0 Å². The van der Waals surface area contributed by atoms with E-state index in [0.29, 0.717) is 12.4 Å². The van der Waals surface area contributed by atoms with Gasteiger partial charge < -0.3 is 20.3 Å². The molecule has 1 aliphatic heterocycles. The third-order valence-electron chi connectivity index (χ3n) is 2.42. The molecule has 0 spiro atoms. The van der Waals surface area contributed by atoms with Crippen molar-refractivity contribution in [3.63, 3.8) is 0 Å². The van der Waals surface area contributed by atoms with E-state index in [-0.39, 0.29) is 11.3 Å². The summed E-state index contributed by atoms with van der Waals surface area (Å²) in [5.74, 6) is 0.481. The summed E-state index contributed by atoms with van der Waals surface area (Å²) in [6.07, 6.45) is 0.724. The number of rotatable bonds is 1. The van der Waals surface area contributed by atoms with Crippen LogP contribution in [0.3, 0.4) is 0 Å². The molecule has 6 heteroatoms. The van der Waals surface area contributed by atoms with E-state index in [4.69, 9.17) is 20.3 Å². The van der Waals surface area contributed by atoms with Crippen LogP contribution in [0.1, 0.15) is 18.0 Å². The molecule has 0 fully saturated rings. The van der Waals surface area contributed by atoms with Crippen molar-refractivity contribution in [3.8, 4) is 5.75 Å². The zero-order valence-electron chi connectivity index (χ0n) is 7.96. The smallest absolute Gasteiger partial charge is 0.356 e. The highest BCUT2D eigenvalue weighted by Gasteiger charge is 2.23. The van der Waals surface area contributed by atoms with Crippen LogP contribution >= 0.6 is 7.60 Å². The zero-order valence-corrected chi connectivity index (χ0v) is 8.85. The Morgan fingerprint density at radius 1 is 1.47 bits per heavy atom. The number of benzene rings is 1. The molecule has 82 valence electrons. The molecule has 4 N–H and O–H groups in total. The summed E-state index contributed by atoms with van der Waals surface area (Å²) in [6, 6.07) is 4.27. The highest BCUT2D eigenvalue weighted by Crippen LogP contribution is 2.37. The summed E-state index contributed by atoms with van der Waals surface area (Å²) in [5, 5.41) is -0.0321. The van der Waals surface area contributed by atoms with E-state index in [2.05, 4.69) is 0 Å². The molecule has 1 aromatic carbocycles. The van der Waals surface area contributed by atoms with Crippen LogP contribution in [-0.2, 0) is 4.57 Å². The van der Waals surface area contributed by atoms with Crippen LogP contribution in [-0.4, -0.2) is 16.4 Å². The van der Waals surface area contributed by atoms with Crippen LogP contribution in [0.25, 0.3) is 0 Å². The van der Waals surface area contributed by atoms with Crippen LogP contribution in [0, 0.1) is 0 Å². The van der Waals surface area contributed by atoms with Gasteiger partial charge in [0.25, 0.3) is 0 Å². The maximum Gasteiger partial charge on any atom is 0.356 e. The van der Waals surface area contributed by atoms with Gasteiger partial charge in [-0.2, -0.15) is 0 Å². The van der Waals surface area contributed by atoms with E-state index < -0.39 is 7.60 Å². The predicted octanol–water partition coefficient (Wildman–Crippen LogP) is 0.272. The fraction of sp³-hybridized carbons (Fsp3) is 0.333. The first-order valence-electron chi connectivity index (χ1n) is 4.57. The minimum Gasteiger partial charge on any atom is -0.493 e. The zero-order chi connectivity index (χ0) is 11.1. The van der Waals surface area contributed by atoms with Crippen molar-refractivity contribution in [2.45, 2.75) is 12.5 Å². The summed E-state index contributed by atoms with van der Waals surface area (Å²) < 4.78 is 16.3. The Labute approximate surface area is 87.0 Å². The largest absolute Gasteiger partial charge is 0.493 e. The predicted molar refractivity (Wildman–Crippen MR) is 55.2 cm³/mol. The van der Waals surface area contributed by atoms with Gasteiger partial charge in [-0.1, -0.05) is 6.07 Å². The van der Waals surface area contributed by atoms with Gasteiger partial charge in [-0.25, -0.2) is 0 Å². The van der Waals surface area contributed by atoms with Gasteiger partial charge in [0, 0.05) is 18.0 Å². The van der Waals surface area contributed by atoms with Gasteiger partial charge in [-0.3, -0.25) is 4.57 Å². The van der Waals surface area contributed by atoms with Crippen molar-refractivity contribution in [2.24, 2.45) is 5.73 Å². The fourth-order valence-electron chi connectivity index (χ4n) is 1.59. The molecule has 0 saturated carbocycles. The van der Waals surface area contributed by atoms with E-state index in [1.807, 2.05) is 0 Å². The molecule has 15 heavy (non-hydrogen) atoms. The van der Waals surface area contributed by atoms with E-state index >= 15 is 0 Å². The summed E-state index contributed by atoms with van der Waals surface area (Å²) >= 11 is 0. The Bertz CT molecular complexity index is 428. The van der Waals surface area contributed by atoms with E-state index in [1.54, 1.807) is 6.07 Å². The highest BCUT2D eigenvalue weighted by molar-refractivity contribution is 7.60. The van der Waals surface area contributed by atoms with Gasteiger partial charge in [0.15, 0.2) is 0 Å². The van der Waals surface area contributed by atoms with Crippen LogP contribution in [0.4, 0.5) is 0 Å². The fourth-order valence-corrected chi connectivity index (χ4v) is 2.14. The Kier molecular flexibility index (Phi) is 2.56. The Balaban J connectivity index is 2.46. The molecule has 2 rings (SSSR count). The Morgan fingerprint density at radius 2 is 2.20 bits per heavy atom. The number of fused-ring (bicyclic) bond motifs is 1. The highest BCUT2D eigenvalue weighted by atomic mass is 31.2. The molecule has 1 aliphatic rings. The number of ether oxygens (including phenoxy) is 1. The lowest BCUT2D eigenvalue weighted by atomic mass is 10.0. The molecule has 1 heterocycles. The number of hydrogen-bond donors (Lipinski definition) is 3. The summed E-state index contributed by atoms with van der Waals surface area (Å²) in [6.45, 7) is 0.485. The van der Waals surface area contributed by atoms with Crippen molar-refractivity contribution < 1.29 is 19.1 Å². The monoisotopic (exact) mass is 229 g/mol. The van der Waals surface area contributed by atoms with Crippen molar-refractivity contribution in [2.75, 3.05) is 6.61 Å². The van der Waals surface area contributed by atoms with Crippen LogP contribution in [0.15, 0.2) is 18.2 Å². The lowest BCUT2D eigenvalue weighted by Gasteiger charge is -2.23. The van der Waals surface area contributed by atoms with Crippen molar-refractivity contribution in [1.82, 2.24) is 0 Å². The molecule has 1 aromatic rings. The molecule has 1 atom stereocenters. The third-order valence-corrected chi connectivity index (χ3v) is 3.37. The molecule has 0 aromatic heterocycles. The first-order chi connectivity index (χ1) is 6.98. The van der Waals surface area contributed by atoms with Gasteiger partial charge in [0.05, 0.1) is 11.9 Å². The molecule has 0 bridgehead atoms. The third kappa shape index (κ3) is 2.06. The SMILES string of the molecule is NC1CCOc2cc(P(=O)(O)O)ccc21. The topological polar surface area (TPSA) is 92.8 Å². The van der Waals surface area contributed by atoms with Gasteiger partial charge in [-0.15, -0.1) is 0 Å². The number of nitrogens with two attached hydrogens (primary N) is 1. The molecule has 1 unspecified atom stereocenters. The first-order valence-corrected chi connectivity index (χ1v) is 6.18. The molecule has 0 radical (unpaired) electrons. The lowest BCUT2D eigenvalue weighted by molar-refractivity contribution is 0.269. The molecule has 0 saturated heterocycles. The summed E-state index contributed by atoms with van der Waals surface area (Å²) in [7, 11) is -4.20. The second-order valence-electron chi connectivity index (χ2n) is 3.51.